The van der Waals surface area contributed by atoms with Crippen LogP contribution in [0.5, 0.6) is 0 Å². The topological polar surface area (TPSA) is 64.7 Å². The molecule has 7 heteroatoms. The van der Waals surface area contributed by atoms with Crippen molar-refractivity contribution < 1.29 is 4.79 Å². The van der Waals surface area contributed by atoms with Gasteiger partial charge in [-0.1, -0.05) is 11.6 Å². The SMILES string of the molecule is Cc1nn(C)cc1[C@H](C)NC(=O)c1nn(C)c(C)c1Cl. The molecular formula is C13H18ClN5O. The number of carbonyl (C=O) groups excluding carboxylic acids is 1. The van der Waals surface area contributed by atoms with Crippen LogP contribution in [-0.4, -0.2) is 25.5 Å². The minimum absolute atomic E-state index is 0.158. The van der Waals surface area contributed by atoms with Crippen LogP contribution >= 0.6 is 11.6 Å². The fraction of sp³-hybridized carbons (Fsp3) is 0.462. The van der Waals surface area contributed by atoms with E-state index >= 15 is 0 Å². The Morgan fingerprint density at radius 3 is 2.45 bits per heavy atom. The van der Waals surface area contributed by atoms with Crippen LogP contribution in [0.2, 0.25) is 5.02 Å². The lowest BCUT2D eigenvalue weighted by molar-refractivity contribution is 0.0934. The smallest absolute Gasteiger partial charge is 0.273 e. The van der Waals surface area contributed by atoms with Crippen molar-refractivity contribution in [2.75, 3.05) is 0 Å². The molecule has 0 aliphatic heterocycles. The number of halogens is 1. The first-order valence-electron chi connectivity index (χ1n) is 6.31. The molecule has 6 nitrogen and oxygen atoms in total. The Kier molecular flexibility index (Phi) is 3.85. The minimum atomic E-state index is -0.283. The monoisotopic (exact) mass is 295 g/mol. The lowest BCUT2D eigenvalue weighted by atomic mass is 10.1. The second-order valence-electron chi connectivity index (χ2n) is 4.91. The van der Waals surface area contributed by atoms with Crippen LogP contribution < -0.4 is 5.32 Å². The summed E-state index contributed by atoms with van der Waals surface area (Å²) in [4.78, 5) is 12.2. The van der Waals surface area contributed by atoms with Crippen molar-refractivity contribution in [3.05, 3.63) is 33.9 Å². The van der Waals surface area contributed by atoms with Crippen molar-refractivity contribution in [3.63, 3.8) is 0 Å². The molecule has 0 saturated heterocycles. The van der Waals surface area contributed by atoms with Crippen LogP contribution in [0.25, 0.3) is 0 Å². The van der Waals surface area contributed by atoms with Crippen molar-refractivity contribution in [1.29, 1.82) is 0 Å². The van der Waals surface area contributed by atoms with Crippen molar-refractivity contribution in [1.82, 2.24) is 24.9 Å². The summed E-state index contributed by atoms with van der Waals surface area (Å²) in [5.74, 6) is -0.283. The summed E-state index contributed by atoms with van der Waals surface area (Å²) < 4.78 is 3.32. The Hall–Kier alpha value is -1.82. The van der Waals surface area contributed by atoms with Crippen LogP contribution in [-0.2, 0) is 14.1 Å². The van der Waals surface area contributed by atoms with E-state index in [4.69, 9.17) is 11.6 Å². The van der Waals surface area contributed by atoms with Gasteiger partial charge in [-0.3, -0.25) is 14.2 Å². The Morgan fingerprint density at radius 2 is 2.00 bits per heavy atom. The maximum Gasteiger partial charge on any atom is 0.273 e. The molecule has 0 bridgehead atoms. The van der Waals surface area contributed by atoms with E-state index in [1.54, 1.807) is 16.4 Å². The van der Waals surface area contributed by atoms with Gasteiger partial charge in [0.05, 0.1) is 22.5 Å². The van der Waals surface area contributed by atoms with Gasteiger partial charge in [-0.25, -0.2) is 0 Å². The second kappa shape index (κ2) is 5.28. The predicted molar refractivity (Wildman–Crippen MR) is 76.8 cm³/mol. The number of aromatic nitrogens is 4. The highest BCUT2D eigenvalue weighted by Gasteiger charge is 2.21. The molecule has 0 aliphatic carbocycles. The van der Waals surface area contributed by atoms with Gasteiger partial charge in [-0.2, -0.15) is 10.2 Å². The van der Waals surface area contributed by atoms with E-state index in [1.165, 1.54) is 0 Å². The van der Waals surface area contributed by atoms with Crippen LogP contribution in [0, 0.1) is 13.8 Å². The summed E-state index contributed by atoms with van der Waals surface area (Å²) in [5.41, 5.74) is 2.88. The molecule has 2 rings (SSSR count). The molecule has 1 atom stereocenters. The lowest BCUT2D eigenvalue weighted by Crippen LogP contribution is -2.27. The highest BCUT2D eigenvalue weighted by atomic mass is 35.5. The summed E-state index contributed by atoms with van der Waals surface area (Å²) in [6.07, 6.45) is 1.89. The fourth-order valence-corrected chi connectivity index (χ4v) is 2.36. The van der Waals surface area contributed by atoms with E-state index < -0.39 is 0 Å². The maximum atomic E-state index is 12.2. The molecule has 0 saturated carbocycles. The molecular weight excluding hydrogens is 278 g/mol. The summed E-state index contributed by atoms with van der Waals surface area (Å²) in [6.45, 7) is 5.64. The highest BCUT2D eigenvalue weighted by Crippen LogP contribution is 2.21. The molecule has 108 valence electrons. The third-order valence-corrected chi connectivity index (χ3v) is 3.79. The average Bonchev–Trinajstić information content (AvgIpc) is 2.83. The molecule has 2 aromatic heterocycles. The largest absolute Gasteiger partial charge is 0.344 e. The van der Waals surface area contributed by atoms with Crippen molar-refractivity contribution in [2.45, 2.75) is 26.8 Å². The zero-order chi connectivity index (χ0) is 15.0. The fourth-order valence-electron chi connectivity index (χ4n) is 2.11. The molecule has 0 radical (unpaired) electrons. The van der Waals surface area contributed by atoms with Gasteiger partial charge >= 0.3 is 0 Å². The first-order chi connectivity index (χ1) is 9.31. The molecule has 2 aromatic rings. The quantitative estimate of drug-likeness (QED) is 0.941. The van der Waals surface area contributed by atoms with Gasteiger partial charge in [0.1, 0.15) is 0 Å². The summed E-state index contributed by atoms with van der Waals surface area (Å²) in [7, 11) is 3.61. The number of aryl methyl sites for hydroxylation is 3. The number of hydrogen-bond donors (Lipinski definition) is 1. The third-order valence-electron chi connectivity index (χ3n) is 3.34. The maximum absolute atomic E-state index is 12.2. The van der Waals surface area contributed by atoms with Crippen molar-refractivity contribution >= 4 is 17.5 Å². The van der Waals surface area contributed by atoms with E-state index in [0.29, 0.717) is 5.02 Å². The van der Waals surface area contributed by atoms with Crippen LogP contribution in [0.3, 0.4) is 0 Å². The number of amides is 1. The van der Waals surface area contributed by atoms with Gasteiger partial charge < -0.3 is 5.32 Å². The van der Waals surface area contributed by atoms with Gasteiger partial charge in [0.25, 0.3) is 5.91 Å². The number of nitrogens with zero attached hydrogens (tertiary/aromatic N) is 4. The van der Waals surface area contributed by atoms with Gasteiger partial charge in [-0.05, 0) is 20.8 Å². The van der Waals surface area contributed by atoms with Crippen molar-refractivity contribution in [3.8, 4) is 0 Å². The minimum Gasteiger partial charge on any atom is -0.344 e. The second-order valence-corrected chi connectivity index (χ2v) is 5.29. The van der Waals surface area contributed by atoms with Gasteiger partial charge in [0.2, 0.25) is 0 Å². The summed E-state index contributed by atoms with van der Waals surface area (Å²) >= 11 is 6.11. The van der Waals surface area contributed by atoms with E-state index in [2.05, 4.69) is 15.5 Å². The summed E-state index contributed by atoms with van der Waals surface area (Å²) in [6, 6.07) is -0.158. The third kappa shape index (κ3) is 2.56. The zero-order valence-electron chi connectivity index (χ0n) is 12.2. The Morgan fingerprint density at radius 1 is 1.35 bits per heavy atom. The normalized spacial score (nSPS) is 12.5. The average molecular weight is 296 g/mol. The number of rotatable bonds is 3. The number of hydrogen-bond acceptors (Lipinski definition) is 3. The summed E-state index contributed by atoms with van der Waals surface area (Å²) in [5, 5.41) is 11.7. The molecule has 2 heterocycles. The molecule has 1 N–H and O–H groups in total. The van der Waals surface area contributed by atoms with Crippen LogP contribution in [0.1, 0.15) is 40.4 Å². The van der Waals surface area contributed by atoms with E-state index in [9.17, 15) is 4.79 Å². The Bertz CT molecular complexity index is 658. The van der Waals surface area contributed by atoms with Gasteiger partial charge in [0, 0.05) is 25.9 Å². The van der Waals surface area contributed by atoms with Gasteiger partial charge in [-0.15, -0.1) is 0 Å². The van der Waals surface area contributed by atoms with Gasteiger partial charge in [0.15, 0.2) is 5.69 Å². The Labute approximate surface area is 122 Å². The standard InChI is InChI=1S/C13H18ClN5O/c1-7(10-6-18(4)16-8(10)2)15-13(20)12-11(14)9(3)19(5)17-12/h6-7H,1-5H3,(H,15,20)/t7-/m0/s1. The van der Waals surface area contributed by atoms with Crippen LogP contribution in [0.4, 0.5) is 0 Å². The van der Waals surface area contributed by atoms with Crippen molar-refractivity contribution in [2.24, 2.45) is 14.1 Å². The highest BCUT2D eigenvalue weighted by molar-refractivity contribution is 6.34. The molecule has 0 aromatic carbocycles. The van der Waals surface area contributed by atoms with E-state index in [1.807, 2.05) is 34.0 Å². The molecule has 0 aliphatic rings. The molecule has 20 heavy (non-hydrogen) atoms. The molecule has 0 spiro atoms. The predicted octanol–water partition coefficient (Wildman–Crippen LogP) is 1.91. The number of nitrogens with one attached hydrogen (secondary N) is 1. The molecule has 0 unspecified atom stereocenters. The first-order valence-corrected chi connectivity index (χ1v) is 6.69. The first kappa shape index (κ1) is 14.6. The number of carbonyl (C=O) groups is 1. The van der Waals surface area contributed by atoms with Crippen LogP contribution in [0.15, 0.2) is 6.20 Å². The van der Waals surface area contributed by atoms with E-state index in [0.717, 1.165) is 17.0 Å². The molecule has 0 fully saturated rings. The lowest BCUT2D eigenvalue weighted by Gasteiger charge is -2.12. The zero-order valence-corrected chi connectivity index (χ0v) is 13.0. The van der Waals surface area contributed by atoms with E-state index in [-0.39, 0.29) is 17.6 Å². The molecule has 1 amide bonds. The Balaban J connectivity index is 2.19.